The van der Waals surface area contributed by atoms with Crippen LogP contribution in [0.15, 0.2) is 0 Å². The van der Waals surface area contributed by atoms with Crippen molar-refractivity contribution in [1.82, 2.24) is 10.6 Å². The zero-order chi connectivity index (χ0) is 12.8. The second kappa shape index (κ2) is 7.13. The van der Waals surface area contributed by atoms with Crippen molar-refractivity contribution in [3.05, 3.63) is 0 Å². The van der Waals surface area contributed by atoms with Gasteiger partial charge >= 0.3 is 0 Å². The van der Waals surface area contributed by atoms with Gasteiger partial charge in [-0.15, -0.1) is 0 Å². The van der Waals surface area contributed by atoms with Crippen LogP contribution in [0.2, 0.25) is 0 Å². The van der Waals surface area contributed by atoms with Gasteiger partial charge in [-0.25, -0.2) is 0 Å². The lowest BCUT2D eigenvalue weighted by Gasteiger charge is -2.29. The molecule has 0 spiro atoms. The van der Waals surface area contributed by atoms with Gasteiger partial charge in [-0.1, -0.05) is 19.3 Å². The zero-order valence-corrected chi connectivity index (χ0v) is 11.7. The van der Waals surface area contributed by atoms with Crippen molar-refractivity contribution >= 4 is 5.91 Å². The molecule has 1 saturated heterocycles. The fourth-order valence-electron chi connectivity index (χ4n) is 3.43. The van der Waals surface area contributed by atoms with Gasteiger partial charge in [-0.2, -0.15) is 0 Å². The van der Waals surface area contributed by atoms with Gasteiger partial charge in [0.25, 0.3) is 0 Å². The highest BCUT2D eigenvalue weighted by molar-refractivity contribution is 5.76. The molecule has 1 aliphatic carbocycles. The maximum Gasteiger partial charge on any atom is 0.220 e. The van der Waals surface area contributed by atoms with Crippen molar-refractivity contribution in [3.8, 4) is 0 Å². The average Bonchev–Trinajstić information content (AvgIpc) is 2.40. The summed E-state index contributed by atoms with van der Waals surface area (Å²) < 4.78 is 0. The molecule has 2 fully saturated rings. The van der Waals surface area contributed by atoms with Crippen molar-refractivity contribution in [3.63, 3.8) is 0 Å². The van der Waals surface area contributed by atoms with E-state index in [2.05, 4.69) is 17.6 Å². The van der Waals surface area contributed by atoms with E-state index < -0.39 is 0 Å². The minimum atomic E-state index is 0.285. The first-order valence-electron chi connectivity index (χ1n) is 7.76. The summed E-state index contributed by atoms with van der Waals surface area (Å²) in [6, 6.07) is 0.350. The number of piperidine rings is 1. The Morgan fingerprint density at radius 3 is 2.50 bits per heavy atom. The lowest BCUT2D eigenvalue weighted by atomic mass is 9.86. The van der Waals surface area contributed by atoms with Crippen LogP contribution in [-0.4, -0.2) is 25.0 Å². The van der Waals surface area contributed by atoms with Crippen LogP contribution in [0.5, 0.6) is 0 Å². The minimum Gasteiger partial charge on any atom is -0.353 e. The number of carbonyl (C=O) groups is 1. The van der Waals surface area contributed by atoms with Gasteiger partial charge in [0.05, 0.1) is 0 Å². The van der Waals surface area contributed by atoms with Crippen LogP contribution in [-0.2, 0) is 4.79 Å². The molecule has 1 saturated carbocycles. The summed E-state index contributed by atoms with van der Waals surface area (Å²) in [4.78, 5) is 12.0. The second-order valence-corrected chi connectivity index (χ2v) is 6.15. The van der Waals surface area contributed by atoms with E-state index in [1.54, 1.807) is 0 Å². The van der Waals surface area contributed by atoms with E-state index in [9.17, 15) is 4.79 Å². The molecule has 0 aromatic carbocycles. The molecule has 2 aliphatic rings. The van der Waals surface area contributed by atoms with Gasteiger partial charge in [0.2, 0.25) is 5.91 Å². The number of nitrogens with one attached hydrogen (secondary N) is 2. The van der Waals surface area contributed by atoms with Gasteiger partial charge in [-0.05, 0) is 57.5 Å². The number of amides is 1. The Morgan fingerprint density at radius 1 is 1.17 bits per heavy atom. The lowest BCUT2D eigenvalue weighted by molar-refractivity contribution is -0.123. The van der Waals surface area contributed by atoms with Crippen molar-refractivity contribution in [2.24, 2.45) is 11.8 Å². The molecule has 2 rings (SSSR count). The van der Waals surface area contributed by atoms with E-state index in [1.807, 2.05) is 0 Å². The van der Waals surface area contributed by atoms with Crippen LogP contribution in [0.3, 0.4) is 0 Å². The first-order valence-corrected chi connectivity index (χ1v) is 7.76. The van der Waals surface area contributed by atoms with Crippen molar-refractivity contribution in [2.45, 2.75) is 64.3 Å². The van der Waals surface area contributed by atoms with Crippen molar-refractivity contribution in [2.75, 3.05) is 13.1 Å². The largest absolute Gasteiger partial charge is 0.353 e. The molecule has 0 aromatic rings. The van der Waals surface area contributed by atoms with E-state index in [0.717, 1.165) is 19.5 Å². The molecule has 3 heteroatoms. The highest BCUT2D eigenvalue weighted by Gasteiger charge is 2.23. The summed E-state index contributed by atoms with van der Waals surface area (Å²) in [5.41, 5.74) is 0. The van der Waals surface area contributed by atoms with Gasteiger partial charge in [-0.3, -0.25) is 4.79 Å². The van der Waals surface area contributed by atoms with Gasteiger partial charge < -0.3 is 10.6 Å². The van der Waals surface area contributed by atoms with Crippen LogP contribution in [0, 0.1) is 11.8 Å². The SMILES string of the molecule is CC(NC(=O)CC1CCCCC1)C1CCNCC1. The monoisotopic (exact) mass is 252 g/mol. The molecule has 104 valence electrons. The summed E-state index contributed by atoms with van der Waals surface area (Å²) in [5.74, 6) is 1.61. The van der Waals surface area contributed by atoms with E-state index in [1.165, 1.54) is 44.9 Å². The lowest BCUT2D eigenvalue weighted by Crippen LogP contribution is -2.43. The summed E-state index contributed by atoms with van der Waals surface area (Å²) in [6.07, 6.45) is 9.68. The van der Waals surface area contributed by atoms with Crippen molar-refractivity contribution in [1.29, 1.82) is 0 Å². The molecule has 1 heterocycles. The first kappa shape index (κ1) is 13.9. The predicted molar refractivity (Wildman–Crippen MR) is 74.4 cm³/mol. The van der Waals surface area contributed by atoms with Crippen LogP contribution in [0.25, 0.3) is 0 Å². The number of hydrogen-bond acceptors (Lipinski definition) is 2. The Labute approximate surface area is 111 Å². The van der Waals surface area contributed by atoms with Gasteiger partial charge in [0, 0.05) is 12.5 Å². The van der Waals surface area contributed by atoms with E-state index in [0.29, 0.717) is 17.9 Å². The molecule has 0 bridgehead atoms. The summed E-state index contributed by atoms with van der Waals surface area (Å²) >= 11 is 0. The van der Waals surface area contributed by atoms with Crippen molar-refractivity contribution < 1.29 is 4.79 Å². The molecule has 1 amide bonds. The van der Waals surface area contributed by atoms with E-state index in [4.69, 9.17) is 0 Å². The standard InChI is InChI=1S/C15H28N2O/c1-12(14-7-9-16-10-8-14)17-15(18)11-13-5-3-2-4-6-13/h12-14,16H,2-11H2,1H3,(H,17,18). The fraction of sp³-hybridized carbons (Fsp3) is 0.933. The zero-order valence-electron chi connectivity index (χ0n) is 11.7. The van der Waals surface area contributed by atoms with E-state index >= 15 is 0 Å². The number of rotatable bonds is 4. The molecule has 18 heavy (non-hydrogen) atoms. The third kappa shape index (κ3) is 4.27. The van der Waals surface area contributed by atoms with Gasteiger partial charge in [0.1, 0.15) is 0 Å². The van der Waals surface area contributed by atoms with Gasteiger partial charge in [0.15, 0.2) is 0 Å². The molecule has 1 atom stereocenters. The Hall–Kier alpha value is -0.570. The molecule has 1 aliphatic heterocycles. The fourth-order valence-corrected chi connectivity index (χ4v) is 3.43. The normalized spacial score (nSPS) is 24.7. The summed E-state index contributed by atoms with van der Waals surface area (Å²) in [5, 5.41) is 6.61. The third-order valence-corrected chi connectivity index (χ3v) is 4.68. The second-order valence-electron chi connectivity index (χ2n) is 6.15. The maximum atomic E-state index is 12.0. The number of hydrogen-bond donors (Lipinski definition) is 2. The summed E-state index contributed by atoms with van der Waals surface area (Å²) in [7, 11) is 0. The smallest absolute Gasteiger partial charge is 0.220 e. The average molecular weight is 252 g/mol. The molecule has 3 nitrogen and oxygen atoms in total. The van der Waals surface area contributed by atoms with Crippen LogP contribution < -0.4 is 10.6 Å². The van der Waals surface area contributed by atoms with E-state index in [-0.39, 0.29) is 5.91 Å². The first-order chi connectivity index (χ1) is 8.75. The highest BCUT2D eigenvalue weighted by atomic mass is 16.1. The molecule has 0 radical (unpaired) electrons. The Balaban J connectivity index is 1.68. The predicted octanol–water partition coefficient (Wildman–Crippen LogP) is 2.46. The molecule has 1 unspecified atom stereocenters. The van der Waals surface area contributed by atoms with Crippen LogP contribution in [0.1, 0.15) is 58.3 Å². The Kier molecular flexibility index (Phi) is 5.48. The maximum absolute atomic E-state index is 12.0. The molecular formula is C15H28N2O. The van der Waals surface area contributed by atoms with Crippen LogP contribution in [0.4, 0.5) is 0 Å². The quantitative estimate of drug-likeness (QED) is 0.807. The minimum absolute atomic E-state index is 0.285. The highest BCUT2D eigenvalue weighted by Crippen LogP contribution is 2.26. The molecule has 0 aromatic heterocycles. The Morgan fingerprint density at radius 2 is 1.83 bits per heavy atom. The molecular weight excluding hydrogens is 224 g/mol. The number of carbonyl (C=O) groups excluding carboxylic acids is 1. The third-order valence-electron chi connectivity index (χ3n) is 4.68. The molecule has 2 N–H and O–H groups in total. The summed E-state index contributed by atoms with van der Waals surface area (Å²) in [6.45, 7) is 4.38. The Bertz CT molecular complexity index is 255. The topological polar surface area (TPSA) is 41.1 Å². The van der Waals surface area contributed by atoms with Crippen LogP contribution >= 0.6 is 0 Å².